The molecule has 0 atom stereocenters. The van der Waals surface area contributed by atoms with E-state index in [0.717, 1.165) is 41.6 Å². The number of nitrogens with zero attached hydrogens (tertiary/aromatic N) is 3. The number of nitrogens with one attached hydrogen (secondary N) is 2. The molecule has 2 amide bonds. The second-order valence-electron chi connectivity index (χ2n) is 8.76. The van der Waals surface area contributed by atoms with Gasteiger partial charge in [0.25, 0.3) is 5.91 Å². The number of imidazole rings is 1. The van der Waals surface area contributed by atoms with Gasteiger partial charge in [-0.05, 0) is 31.7 Å². The first-order valence-corrected chi connectivity index (χ1v) is 11.9. The Morgan fingerprint density at radius 3 is 2.39 bits per heavy atom. The lowest BCUT2D eigenvalue weighted by atomic mass is 9.72. The number of aromatic nitrogens is 3. The average Bonchev–Trinajstić information content (AvgIpc) is 3.26. The molecular weight excluding hydrogens is 458 g/mol. The fraction of sp³-hybridized carbons (Fsp3) is 0.259. The van der Waals surface area contributed by atoms with E-state index in [1.165, 1.54) is 0 Å². The van der Waals surface area contributed by atoms with Crippen molar-refractivity contribution in [2.75, 3.05) is 13.7 Å². The molecule has 9 nitrogen and oxygen atoms in total. The lowest BCUT2D eigenvalue weighted by Gasteiger charge is -2.42. The molecule has 0 unspecified atom stereocenters. The van der Waals surface area contributed by atoms with Crippen molar-refractivity contribution in [2.24, 2.45) is 0 Å². The first-order chi connectivity index (χ1) is 17.5. The molecule has 1 aliphatic rings. The number of carbonyl (C=O) groups excluding carboxylic acids is 1. The third-order valence-corrected chi connectivity index (χ3v) is 6.62. The quantitative estimate of drug-likeness (QED) is 0.356. The van der Waals surface area contributed by atoms with E-state index in [0.29, 0.717) is 23.7 Å². The van der Waals surface area contributed by atoms with Crippen LogP contribution >= 0.6 is 0 Å². The van der Waals surface area contributed by atoms with E-state index in [4.69, 9.17) is 9.72 Å². The van der Waals surface area contributed by atoms with E-state index in [9.17, 15) is 14.7 Å². The van der Waals surface area contributed by atoms with E-state index < -0.39 is 11.6 Å². The van der Waals surface area contributed by atoms with Crippen LogP contribution in [0.15, 0.2) is 60.7 Å². The lowest BCUT2D eigenvalue weighted by molar-refractivity contribution is 0.0956. The molecule has 9 heteroatoms. The number of rotatable bonds is 7. The molecule has 0 radical (unpaired) electrons. The summed E-state index contributed by atoms with van der Waals surface area (Å²) >= 11 is 0. The maximum absolute atomic E-state index is 12.5. The molecule has 2 aromatic heterocycles. The van der Waals surface area contributed by atoms with Crippen LogP contribution in [0.4, 0.5) is 4.79 Å². The van der Waals surface area contributed by atoms with E-state index in [-0.39, 0.29) is 11.6 Å². The molecular formula is C27H27N5O4. The third-order valence-electron chi connectivity index (χ3n) is 6.62. The van der Waals surface area contributed by atoms with Gasteiger partial charge in [0.1, 0.15) is 5.69 Å². The molecule has 2 aromatic carbocycles. The van der Waals surface area contributed by atoms with Crippen molar-refractivity contribution in [3.63, 3.8) is 0 Å². The second-order valence-corrected chi connectivity index (χ2v) is 8.76. The molecule has 0 spiro atoms. The van der Waals surface area contributed by atoms with Crippen molar-refractivity contribution in [3.8, 4) is 28.3 Å². The predicted molar refractivity (Wildman–Crippen MR) is 135 cm³/mol. The second kappa shape index (κ2) is 9.33. The Morgan fingerprint density at radius 2 is 1.81 bits per heavy atom. The molecule has 1 fully saturated rings. The number of carboxylic acid groups (broad SMARTS) is 1. The molecule has 184 valence electrons. The van der Waals surface area contributed by atoms with E-state index in [1.807, 2.05) is 61.5 Å². The monoisotopic (exact) mass is 485 g/mol. The van der Waals surface area contributed by atoms with Crippen LogP contribution in [-0.4, -0.2) is 45.4 Å². The number of hydrogen-bond donors (Lipinski definition) is 3. The van der Waals surface area contributed by atoms with Crippen LogP contribution in [0.1, 0.15) is 42.2 Å². The van der Waals surface area contributed by atoms with Crippen LogP contribution < -0.4 is 15.4 Å². The minimum atomic E-state index is -1.02. The summed E-state index contributed by atoms with van der Waals surface area (Å²) < 4.78 is 7.51. The SMILES string of the molecule is CCOc1cc(C(=O)NC)nn2c(-c3ccccc3)c(-c3ccc(C4(NC(=O)O)CCC4)cc3)nc12. The van der Waals surface area contributed by atoms with Gasteiger partial charge in [0.15, 0.2) is 17.1 Å². The molecule has 0 aliphatic heterocycles. The Kier molecular flexibility index (Phi) is 6.05. The smallest absolute Gasteiger partial charge is 0.405 e. The van der Waals surface area contributed by atoms with E-state index >= 15 is 0 Å². The van der Waals surface area contributed by atoms with Crippen molar-refractivity contribution in [1.29, 1.82) is 0 Å². The molecule has 0 saturated heterocycles. The van der Waals surface area contributed by atoms with Gasteiger partial charge in [-0.3, -0.25) is 4.79 Å². The summed E-state index contributed by atoms with van der Waals surface area (Å²) in [6, 6.07) is 19.2. The van der Waals surface area contributed by atoms with Gasteiger partial charge in [0, 0.05) is 24.2 Å². The minimum absolute atomic E-state index is 0.219. The molecule has 3 N–H and O–H groups in total. The lowest BCUT2D eigenvalue weighted by Crippen LogP contribution is -2.50. The zero-order valence-corrected chi connectivity index (χ0v) is 20.1. The van der Waals surface area contributed by atoms with Crippen molar-refractivity contribution in [2.45, 2.75) is 31.7 Å². The highest BCUT2D eigenvalue weighted by molar-refractivity contribution is 5.93. The van der Waals surface area contributed by atoms with Crippen molar-refractivity contribution < 1.29 is 19.4 Å². The molecule has 5 rings (SSSR count). The highest BCUT2D eigenvalue weighted by Gasteiger charge is 2.40. The van der Waals surface area contributed by atoms with Gasteiger partial charge in [-0.1, -0.05) is 54.6 Å². The van der Waals surface area contributed by atoms with Gasteiger partial charge in [-0.15, -0.1) is 0 Å². The number of hydrogen-bond acceptors (Lipinski definition) is 5. The standard InChI is InChI=1S/C27H27N5O4/c1-3-36-21-16-20(25(33)28-2)31-32-23(18-8-5-4-6-9-18)22(29-24(21)32)17-10-12-19(13-11-17)27(14-7-15-27)30-26(34)35/h4-6,8-13,16,30H,3,7,14-15H2,1-2H3,(H,28,33)(H,34,35). The van der Waals surface area contributed by atoms with Crippen molar-refractivity contribution >= 4 is 17.6 Å². The summed E-state index contributed by atoms with van der Waals surface area (Å²) in [5.41, 5.74) is 4.25. The maximum atomic E-state index is 12.5. The molecule has 0 bridgehead atoms. The van der Waals surface area contributed by atoms with Gasteiger partial charge in [-0.2, -0.15) is 5.10 Å². The summed E-state index contributed by atoms with van der Waals surface area (Å²) in [5, 5.41) is 19.3. The van der Waals surface area contributed by atoms with Crippen LogP contribution in [0.25, 0.3) is 28.2 Å². The van der Waals surface area contributed by atoms with Crippen LogP contribution in [0.3, 0.4) is 0 Å². The number of fused-ring (bicyclic) bond motifs is 1. The Balaban J connectivity index is 1.69. The van der Waals surface area contributed by atoms with Crippen LogP contribution in [-0.2, 0) is 5.54 Å². The van der Waals surface area contributed by atoms with Crippen molar-refractivity contribution in [1.82, 2.24) is 25.2 Å². The first-order valence-electron chi connectivity index (χ1n) is 11.9. The number of ether oxygens (including phenoxy) is 1. The molecule has 2 heterocycles. The summed E-state index contributed by atoms with van der Waals surface area (Å²) in [6.07, 6.45) is 1.50. The molecule has 1 aliphatic carbocycles. The fourth-order valence-electron chi connectivity index (χ4n) is 4.72. The number of carbonyl (C=O) groups is 2. The predicted octanol–water partition coefficient (Wildman–Crippen LogP) is 4.47. The number of amides is 2. The van der Waals surface area contributed by atoms with Gasteiger partial charge in [0.05, 0.1) is 17.8 Å². The highest BCUT2D eigenvalue weighted by Crippen LogP contribution is 2.42. The topological polar surface area (TPSA) is 118 Å². The van der Waals surface area contributed by atoms with Crippen LogP contribution in [0.5, 0.6) is 5.75 Å². The summed E-state index contributed by atoms with van der Waals surface area (Å²) in [5.74, 6) is 0.137. The maximum Gasteiger partial charge on any atom is 0.405 e. The van der Waals surface area contributed by atoms with Gasteiger partial charge in [-0.25, -0.2) is 14.3 Å². The van der Waals surface area contributed by atoms with Gasteiger partial charge in [0.2, 0.25) is 0 Å². The molecule has 1 saturated carbocycles. The van der Waals surface area contributed by atoms with Crippen LogP contribution in [0.2, 0.25) is 0 Å². The van der Waals surface area contributed by atoms with Crippen LogP contribution in [0, 0.1) is 0 Å². The minimum Gasteiger partial charge on any atom is -0.490 e. The molecule has 4 aromatic rings. The summed E-state index contributed by atoms with van der Waals surface area (Å²) in [6.45, 7) is 2.28. The average molecular weight is 486 g/mol. The van der Waals surface area contributed by atoms with Gasteiger partial charge < -0.3 is 20.5 Å². The van der Waals surface area contributed by atoms with E-state index in [1.54, 1.807) is 17.6 Å². The first kappa shape index (κ1) is 23.3. The summed E-state index contributed by atoms with van der Waals surface area (Å²) in [4.78, 5) is 28.8. The zero-order chi connectivity index (χ0) is 25.3. The zero-order valence-electron chi connectivity index (χ0n) is 20.1. The summed E-state index contributed by atoms with van der Waals surface area (Å²) in [7, 11) is 1.56. The third kappa shape index (κ3) is 4.02. The fourth-order valence-corrected chi connectivity index (χ4v) is 4.72. The van der Waals surface area contributed by atoms with Crippen molar-refractivity contribution in [3.05, 3.63) is 71.9 Å². The largest absolute Gasteiger partial charge is 0.490 e. The highest BCUT2D eigenvalue weighted by atomic mass is 16.5. The Hall–Kier alpha value is -4.40. The Labute approximate surface area is 208 Å². The Bertz CT molecular complexity index is 1430. The normalized spacial score (nSPS) is 14.2. The van der Waals surface area contributed by atoms with E-state index in [2.05, 4.69) is 15.7 Å². The molecule has 36 heavy (non-hydrogen) atoms. The van der Waals surface area contributed by atoms with Gasteiger partial charge >= 0.3 is 6.09 Å². The Morgan fingerprint density at radius 1 is 1.08 bits per heavy atom. The number of benzene rings is 2.